The van der Waals surface area contributed by atoms with E-state index in [9.17, 15) is 0 Å². The van der Waals surface area contributed by atoms with Gasteiger partial charge < -0.3 is 9.97 Å². The van der Waals surface area contributed by atoms with E-state index >= 15 is 0 Å². The Morgan fingerprint density at radius 1 is 0.263 bits per heavy atom. The SMILES string of the molecule is CCCCc1ccc(-c2c3nc(c(-c4ccc(CCCC)cc4)c4[nH]c(c(-c5ccc(CCCC)cc5)c5nc(c(-c6ccc(CCCC)cc6)c6[nH]c2c2ccccc62)-c2ccccc2-5)c2ccccc42)-c2ccccc2-3)cc1. The van der Waals surface area contributed by atoms with Gasteiger partial charge in [0.1, 0.15) is 0 Å². The van der Waals surface area contributed by atoms with Crippen molar-refractivity contribution < 1.29 is 0 Å². The molecule has 394 valence electrons. The van der Waals surface area contributed by atoms with Gasteiger partial charge in [0.2, 0.25) is 0 Å². The zero-order chi connectivity index (χ0) is 54.1. The van der Waals surface area contributed by atoms with Crippen molar-refractivity contribution in [3.63, 3.8) is 0 Å². The fourth-order valence-electron chi connectivity index (χ4n) is 12.6. The lowest BCUT2D eigenvalue weighted by Gasteiger charge is -2.10. The average Bonchev–Trinajstić information content (AvgIpc) is 4.45. The van der Waals surface area contributed by atoms with Crippen molar-refractivity contribution in [1.82, 2.24) is 19.9 Å². The number of unbranched alkanes of at least 4 members (excludes halogenated alkanes) is 4. The zero-order valence-corrected chi connectivity index (χ0v) is 46.9. The van der Waals surface area contributed by atoms with E-state index in [4.69, 9.17) is 9.97 Å². The molecular formula is C76H70N4. The summed E-state index contributed by atoms with van der Waals surface area (Å²) in [5.41, 5.74) is 26.6. The minimum absolute atomic E-state index is 0.951. The standard InChI is InChI=1S/C76H70N4/c1-5-9-21-49-33-41-53(42-34-49)65-69-57-25-13-15-27-59(57)71(77-69)66(54-43-35-50(36-44-54)22-10-6-2)73-61-29-17-19-31-63(61)75(79-73)68(56-47-39-52(40-48-56)24-12-8-4)76-64-32-20-18-30-62(64)74(80-76)67(55-45-37-51(38-46-55)23-11-7-3)72-60-28-16-14-26-58(60)70(65)78-72/h13-20,25-48,77,80H,5-12,21-24H2,1-4H3. The van der Waals surface area contributed by atoms with E-state index < -0.39 is 0 Å². The van der Waals surface area contributed by atoms with Crippen LogP contribution in [-0.4, -0.2) is 19.9 Å². The van der Waals surface area contributed by atoms with E-state index in [0.29, 0.717) is 0 Å². The number of aromatic nitrogens is 4. The van der Waals surface area contributed by atoms with Crippen molar-refractivity contribution in [3.8, 4) is 89.5 Å². The van der Waals surface area contributed by atoms with E-state index in [1.165, 1.54) is 22.3 Å². The number of H-pyrrole nitrogens is 2. The molecule has 0 radical (unpaired) electrons. The molecular weight excluding hydrogens is 969 g/mol. The van der Waals surface area contributed by atoms with Gasteiger partial charge in [-0.15, -0.1) is 0 Å². The first-order valence-electron chi connectivity index (χ1n) is 29.7. The Morgan fingerprint density at radius 2 is 0.475 bits per heavy atom. The number of aryl methyl sites for hydroxylation is 4. The van der Waals surface area contributed by atoms with Crippen molar-refractivity contribution in [2.75, 3.05) is 0 Å². The van der Waals surface area contributed by atoms with Crippen LogP contribution in [-0.2, 0) is 25.7 Å². The maximum Gasteiger partial charge on any atom is 0.0816 e. The maximum atomic E-state index is 6.10. The van der Waals surface area contributed by atoms with Crippen LogP contribution < -0.4 is 0 Å². The van der Waals surface area contributed by atoms with E-state index in [1.54, 1.807) is 0 Å². The molecule has 0 fully saturated rings. The van der Waals surface area contributed by atoms with Gasteiger partial charge in [0.25, 0.3) is 0 Å². The Bertz CT molecular complexity index is 3710. The van der Waals surface area contributed by atoms with Crippen LogP contribution in [0.5, 0.6) is 0 Å². The highest BCUT2D eigenvalue weighted by molar-refractivity contribution is 6.21. The molecule has 4 heteroatoms. The van der Waals surface area contributed by atoms with Crippen LogP contribution in [0.1, 0.15) is 101 Å². The molecule has 4 heterocycles. The number of aromatic amines is 2. The smallest absolute Gasteiger partial charge is 0.0816 e. The molecule has 0 spiro atoms. The van der Waals surface area contributed by atoms with Crippen LogP contribution in [0.2, 0.25) is 0 Å². The molecule has 0 saturated carbocycles. The number of hydrogen-bond acceptors (Lipinski definition) is 2. The van der Waals surface area contributed by atoms with Crippen molar-refractivity contribution in [3.05, 3.63) is 216 Å². The maximum absolute atomic E-state index is 6.10. The summed E-state index contributed by atoms with van der Waals surface area (Å²) in [6, 6.07) is 73.3. The first-order chi connectivity index (χ1) is 39.5. The summed E-state index contributed by atoms with van der Waals surface area (Å²) >= 11 is 0. The van der Waals surface area contributed by atoms with E-state index in [2.05, 4.69) is 232 Å². The molecule has 0 atom stereocenters. The predicted molar refractivity (Wildman–Crippen MR) is 341 cm³/mol. The highest BCUT2D eigenvalue weighted by Gasteiger charge is 2.30. The van der Waals surface area contributed by atoms with Crippen LogP contribution in [0.4, 0.5) is 0 Å². The molecule has 2 aromatic heterocycles. The second-order valence-corrected chi connectivity index (χ2v) is 22.3. The Morgan fingerprint density at radius 3 is 0.688 bits per heavy atom. The Hall–Kier alpha value is -8.60. The number of benzene rings is 8. The Balaban J connectivity index is 1.28. The lowest BCUT2D eigenvalue weighted by atomic mass is 9.92. The molecule has 0 unspecified atom stereocenters. The van der Waals surface area contributed by atoms with Gasteiger partial charge in [0.15, 0.2) is 0 Å². The van der Waals surface area contributed by atoms with Gasteiger partial charge in [0.05, 0.1) is 44.8 Å². The fraction of sp³-hybridized carbons (Fsp3) is 0.211. The molecule has 0 saturated heterocycles. The van der Waals surface area contributed by atoms with E-state index in [0.717, 1.165) is 210 Å². The van der Waals surface area contributed by atoms with Crippen molar-refractivity contribution in [2.24, 2.45) is 0 Å². The van der Waals surface area contributed by atoms with Crippen molar-refractivity contribution in [2.45, 2.75) is 105 Å². The lowest BCUT2D eigenvalue weighted by molar-refractivity contribution is 0.795. The van der Waals surface area contributed by atoms with Crippen molar-refractivity contribution in [1.29, 1.82) is 0 Å². The summed E-state index contributed by atoms with van der Waals surface area (Å²) in [6.45, 7) is 9.09. The van der Waals surface area contributed by atoms with E-state index in [-0.39, 0.29) is 0 Å². The normalized spacial score (nSPS) is 11.8. The summed E-state index contributed by atoms with van der Waals surface area (Å²) in [5.74, 6) is 0. The van der Waals surface area contributed by atoms with Crippen LogP contribution in [0, 0.1) is 0 Å². The van der Waals surface area contributed by atoms with Crippen LogP contribution >= 0.6 is 0 Å². The van der Waals surface area contributed by atoms with Crippen LogP contribution in [0.3, 0.4) is 0 Å². The third kappa shape index (κ3) is 9.25. The quantitative estimate of drug-likeness (QED) is 0.101. The minimum Gasteiger partial charge on any atom is -0.353 e. The van der Waals surface area contributed by atoms with Gasteiger partial charge in [-0.25, -0.2) is 9.97 Å². The second kappa shape index (κ2) is 22.3. The Labute approximate surface area is 471 Å². The first kappa shape index (κ1) is 50.9. The van der Waals surface area contributed by atoms with Gasteiger partial charge >= 0.3 is 0 Å². The number of nitrogens with zero attached hydrogens (tertiary/aromatic N) is 2. The number of hydrogen-bond donors (Lipinski definition) is 2. The average molecular weight is 1040 g/mol. The van der Waals surface area contributed by atoms with Crippen LogP contribution in [0.25, 0.3) is 133 Å². The summed E-state index contributed by atoms with van der Waals surface area (Å²) in [7, 11) is 0. The number of nitrogens with one attached hydrogen (secondary N) is 2. The highest BCUT2D eigenvalue weighted by Crippen LogP contribution is 2.52. The summed E-state index contributed by atoms with van der Waals surface area (Å²) in [6.07, 6.45) is 13.4. The summed E-state index contributed by atoms with van der Waals surface area (Å²) in [4.78, 5) is 20.8. The molecule has 13 rings (SSSR count). The van der Waals surface area contributed by atoms with E-state index in [1.807, 2.05) is 0 Å². The molecule has 1 aliphatic carbocycles. The molecule has 8 bridgehead atoms. The molecule has 80 heavy (non-hydrogen) atoms. The molecule has 0 amide bonds. The monoisotopic (exact) mass is 1040 g/mol. The summed E-state index contributed by atoms with van der Waals surface area (Å²) in [5, 5.41) is 4.56. The third-order valence-corrected chi connectivity index (χ3v) is 16.9. The van der Waals surface area contributed by atoms with Crippen LogP contribution in [0.15, 0.2) is 194 Å². The topological polar surface area (TPSA) is 57.4 Å². The minimum atomic E-state index is 0.951. The molecule has 10 aromatic rings. The molecule has 8 aromatic carbocycles. The lowest BCUT2D eigenvalue weighted by Crippen LogP contribution is -1.90. The van der Waals surface area contributed by atoms with Gasteiger partial charge in [0, 0.05) is 66.1 Å². The highest BCUT2D eigenvalue weighted by atomic mass is 14.8. The molecule has 3 aliphatic rings. The van der Waals surface area contributed by atoms with Gasteiger partial charge in [-0.05, 0) is 95.9 Å². The third-order valence-electron chi connectivity index (χ3n) is 16.9. The van der Waals surface area contributed by atoms with Gasteiger partial charge in [-0.3, -0.25) is 0 Å². The predicted octanol–water partition coefficient (Wildman–Crippen LogP) is 21.3. The second-order valence-electron chi connectivity index (χ2n) is 22.3. The molecule has 2 aliphatic heterocycles. The number of rotatable bonds is 16. The van der Waals surface area contributed by atoms with Crippen molar-refractivity contribution >= 4 is 43.6 Å². The summed E-state index contributed by atoms with van der Waals surface area (Å²) < 4.78 is 0. The fourth-order valence-corrected chi connectivity index (χ4v) is 12.6. The molecule has 2 N–H and O–H groups in total. The van der Waals surface area contributed by atoms with Gasteiger partial charge in [-0.2, -0.15) is 0 Å². The first-order valence-corrected chi connectivity index (χ1v) is 29.7. The molecule has 4 nitrogen and oxygen atoms in total. The Kier molecular flexibility index (Phi) is 14.2. The zero-order valence-electron chi connectivity index (χ0n) is 46.9. The van der Waals surface area contributed by atoms with Gasteiger partial charge in [-0.1, -0.05) is 248 Å². The largest absolute Gasteiger partial charge is 0.353 e.